The van der Waals surface area contributed by atoms with Crippen molar-refractivity contribution < 1.29 is 4.42 Å². The zero-order valence-electron chi connectivity index (χ0n) is 8.20. The fraction of sp³-hybridized carbons (Fsp3) is 0.333. The molecule has 76 valence electrons. The molecule has 0 amide bonds. The summed E-state index contributed by atoms with van der Waals surface area (Å²) in [7, 11) is 0. The molecule has 1 aromatic heterocycles. The predicted molar refractivity (Wildman–Crippen MR) is 60.4 cm³/mol. The molecule has 0 atom stereocenters. The Bertz CT molecular complexity index is 333. The van der Waals surface area contributed by atoms with Crippen LogP contribution in [0.3, 0.4) is 0 Å². The molecule has 5 heteroatoms. The van der Waals surface area contributed by atoms with Gasteiger partial charge in [0, 0.05) is 6.54 Å². The molecule has 0 aromatic carbocycles. The second kappa shape index (κ2) is 5.39. The average Bonchev–Trinajstić information content (AvgIpc) is 2.52. The number of thiocarbonyl (C=S) groups is 1. The molecule has 0 unspecified atom stereocenters. The minimum Gasteiger partial charge on any atom is -0.460 e. The number of aryl methyl sites for hydroxylation is 1. The third kappa shape index (κ3) is 3.57. The van der Waals surface area contributed by atoms with Crippen LogP contribution in [0.15, 0.2) is 21.7 Å². The molecule has 14 heavy (non-hydrogen) atoms. The first-order valence-corrected chi connectivity index (χ1v) is 4.76. The second-order valence-corrected chi connectivity index (χ2v) is 3.09. The number of hydrogen-bond acceptors (Lipinski definition) is 3. The van der Waals surface area contributed by atoms with Crippen LogP contribution in [0, 0.1) is 6.92 Å². The first-order valence-electron chi connectivity index (χ1n) is 4.35. The lowest BCUT2D eigenvalue weighted by Crippen LogP contribution is -2.31. The van der Waals surface area contributed by atoms with Crippen molar-refractivity contribution in [3.63, 3.8) is 0 Å². The molecule has 1 heterocycles. The van der Waals surface area contributed by atoms with Crippen LogP contribution in [0.4, 0.5) is 0 Å². The fourth-order valence-corrected chi connectivity index (χ4v) is 1.07. The van der Waals surface area contributed by atoms with Crippen molar-refractivity contribution >= 4 is 23.5 Å². The number of nitrogens with one attached hydrogen (secondary N) is 2. The van der Waals surface area contributed by atoms with Gasteiger partial charge >= 0.3 is 0 Å². The van der Waals surface area contributed by atoms with E-state index in [9.17, 15) is 0 Å². The predicted octanol–water partition coefficient (Wildman–Crippen LogP) is 1.41. The molecule has 0 saturated carbocycles. The standard InChI is InChI=1S/C9H13N3OS/c1-3-10-9(14)12-11-6-8-5-4-7(2)13-8/h4-6H,3H2,1-2H3,(H2,10,12,14)/b11-6+. The highest BCUT2D eigenvalue weighted by Gasteiger charge is 1.93. The molecule has 0 fully saturated rings. The maximum atomic E-state index is 5.27. The maximum absolute atomic E-state index is 5.27. The molecule has 0 aliphatic heterocycles. The van der Waals surface area contributed by atoms with Gasteiger partial charge in [0.15, 0.2) is 5.11 Å². The lowest BCUT2D eigenvalue weighted by Gasteiger charge is -2.01. The minimum atomic E-state index is 0.507. The quantitative estimate of drug-likeness (QED) is 0.451. The van der Waals surface area contributed by atoms with E-state index in [4.69, 9.17) is 16.6 Å². The summed E-state index contributed by atoms with van der Waals surface area (Å²) < 4.78 is 5.27. The smallest absolute Gasteiger partial charge is 0.186 e. The van der Waals surface area contributed by atoms with E-state index in [1.54, 1.807) is 6.21 Å². The van der Waals surface area contributed by atoms with Gasteiger partial charge < -0.3 is 9.73 Å². The number of hydrazone groups is 1. The Labute approximate surface area is 88.4 Å². The lowest BCUT2D eigenvalue weighted by atomic mass is 10.4. The van der Waals surface area contributed by atoms with Gasteiger partial charge in [-0.25, -0.2) is 0 Å². The van der Waals surface area contributed by atoms with Crippen molar-refractivity contribution in [2.24, 2.45) is 5.10 Å². The molecule has 0 aliphatic rings. The van der Waals surface area contributed by atoms with E-state index in [0.29, 0.717) is 10.9 Å². The molecule has 2 N–H and O–H groups in total. The Morgan fingerprint density at radius 1 is 1.64 bits per heavy atom. The third-order valence-corrected chi connectivity index (χ3v) is 1.69. The first-order chi connectivity index (χ1) is 6.72. The van der Waals surface area contributed by atoms with Crippen molar-refractivity contribution in [2.45, 2.75) is 13.8 Å². The van der Waals surface area contributed by atoms with Gasteiger partial charge in [0.2, 0.25) is 0 Å². The fourth-order valence-electron chi connectivity index (χ4n) is 0.877. The second-order valence-electron chi connectivity index (χ2n) is 2.68. The summed E-state index contributed by atoms with van der Waals surface area (Å²) >= 11 is 4.91. The van der Waals surface area contributed by atoms with Crippen LogP contribution in [0.25, 0.3) is 0 Å². The van der Waals surface area contributed by atoms with E-state index >= 15 is 0 Å². The summed E-state index contributed by atoms with van der Waals surface area (Å²) in [5, 5.41) is 7.32. The zero-order valence-corrected chi connectivity index (χ0v) is 9.02. The molecule has 0 aliphatic carbocycles. The van der Waals surface area contributed by atoms with Crippen molar-refractivity contribution in [1.82, 2.24) is 10.7 Å². The average molecular weight is 211 g/mol. The number of nitrogens with zero attached hydrogens (tertiary/aromatic N) is 1. The van der Waals surface area contributed by atoms with E-state index in [-0.39, 0.29) is 0 Å². The number of rotatable bonds is 3. The normalized spacial score (nSPS) is 10.4. The molecule has 0 spiro atoms. The number of furan rings is 1. The van der Waals surface area contributed by atoms with Crippen molar-refractivity contribution in [3.8, 4) is 0 Å². The van der Waals surface area contributed by atoms with Gasteiger partial charge in [0.1, 0.15) is 11.5 Å². The SMILES string of the molecule is CCNC(=S)N/N=C/c1ccc(C)o1. The van der Waals surface area contributed by atoms with Gasteiger partial charge in [-0.3, -0.25) is 5.43 Å². The Balaban J connectivity index is 2.37. The van der Waals surface area contributed by atoms with Crippen LogP contribution in [-0.2, 0) is 0 Å². The van der Waals surface area contributed by atoms with Crippen LogP contribution in [0.1, 0.15) is 18.4 Å². The van der Waals surface area contributed by atoms with E-state index in [2.05, 4.69) is 15.8 Å². The van der Waals surface area contributed by atoms with Crippen LogP contribution in [0.5, 0.6) is 0 Å². The van der Waals surface area contributed by atoms with Crippen molar-refractivity contribution in [1.29, 1.82) is 0 Å². The largest absolute Gasteiger partial charge is 0.460 e. The summed E-state index contributed by atoms with van der Waals surface area (Å²) in [6.07, 6.45) is 1.58. The van der Waals surface area contributed by atoms with Crippen molar-refractivity contribution in [3.05, 3.63) is 23.7 Å². The number of hydrogen-bond donors (Lipinski definition) is 2. The van der Waals surface area contributed by atoms with Gasteiger partial charge in [0.25, 0.3) is 0 Å². The van der Waals surface area contributed by atoms with Gasteiger partial charge in [-0.1, -0.05) is 0 Å². The summed E-state index contributed by atoms with van der Waals surface area (Å²) in [5.41, 5.74) is 2.67. The van der Waals surface area contributed by atoms with Gasteiger partial charge in [0.05, 0.1) is 6.21 Å². The molecule has 0 bridgehead atoms. The summed E-state index contributed by atoms with van der Waals surface area (Å²) in [5.74, 6) is 1.56. The zero-order chi connectivity index (χ0) is 10.4. The first kappa shape index (κ1) is 10.7. The molecule has 0 radical (unpaired) electrons. The molecular weight excluding hydrogens is 198 g/mol. The van der Waals surface area contributed by atoms with Gasteiger partial charge in [-0.05, 0) is 38.2 Å². The highest BCUT2D eigenvalue weighted by molar-refractivity contribution is 7.80. The highest BCUT2D eigenvalue weighted by Crippen LogP contribution is 2.02. The maximum Gasteiger partial charge on any atom is 0.186 e. The molecule has 0 saturated heterocycles. The van der Waals surface area contributed by atoms with E-state index in [0.717, 1.165) is 12.3 Å². The molecule has 1 rings (SSSR count). The van der Waals surface area contributed by atoms with Crippen LogP contribution in [-0.4, -0.2) is 17.9 Å². The Morgan fingerprint density at radius 3 is 3.00 bits per heavy atom. The van der Waals surface area contributed by atoms with Crippen molar-refractivity contribution in [2.75, 3.05) is 6.54 Å². The Morgan fingerprint density at radius 2 is 2.43 bits per heavy atom. The Kier molecular flexibility index (Phi) is 4.12. The monoisotopic (exact) mass is 211 g/mol. The Hall–Kier alpha value is -1.36. The minimum absolute atomic E-state index is 0.507. The molecular formula is C9H13N3OS. The van der Waals surface area contributed by atoms with Crippen LogP contribution in [0.2, 0.25) is 0 Å². The summed E-state index contributed by atoms with van der Waals surface area (Å²) in [4.78, 5) is 0. The summed E-state index contributed by atoms with van der Waals surface area (Å²) in [6.45, 7) is 4.63. The highest BCUT2D eigenvalue weighted by atomic mass is 32.1. The van der Waals surface area contributed by atoms with Crippen LogP contribution >= 0.6 is 12.2 Å². The van der Waals surface area contributed by atoms with E-state index in [1.807, 2.05) is 26.0 Å². The van der Waals surface area contributed by atoms with Crippen LogP contribution < -0.4 is 10.7 Å². The lowest BCUT2D eigenvalue weighted by molar-refractivity contribution is 0.527. The molecule has 1 aromatic rings. The molecule has 4 nitrogen and oxygen atoms in total. The third-order valence-electron chi connectivity index (χ3n) is 1.46. The van der Waals surface area contributed by atoms with Gasteiger partial charge in [-0.15, -0.1) is 0 Å². The van der Waals surface area contributed by atoms with Gasteiger partial charge in [-0.2, -0.15) is 5.10 Å². The topological polar surface area (TPSA) is 49.6 Å². The van der Waals surface area contributed by atoms with E-state index < -0.39 is 0 Å². The summed E-state index contributed by atoms with van der Waals surface area (Å²) in [6, 6.07) is 3.72. The van der Waals surface area contributed by atoms with E-state index in [1.165, 1.54) is 0 Å².